The lowest BCUT2D eigenvalue weighted by Gasteiger charge is -2.46. The third-order valence-electron chi connectivity index (χ3n) is 7.54. The summed E-state index contributed by atoms with van der Waals surface area (Å²) >= 11 is 0. The lowest BCUT2D eigenvalue weighted by molar-refractivity contribution is -0.124. The van der Waals surface area contributed by atoms with Gasteiger partial charge in [0.1, 0.15) is 11.6 Å². The van der Waals surface area contributed by atoms with Crippen molar-refractivity contribution >= 4 is 11.9 Å². The van der Waals surface area contributed by atoms with Crippen molar-refractivity contribution in [2.45, 2.75) is 38.7 Å². The molecule has 1 aliphatic heterocycles. The van der Waals surface area contributed by atoms with Crippen LogP contribution in [0, 0.1) is 35.4 Å². The van der Waals surface area contributed by atoms with E-state index in [9.17, 15) is 9.18 Å². The van der Waals surface area contributed by atoms with Crippen LogP contribution in [0.2, 0.25) is 0 Å². The van der Waals surface area contributed by atoms with Crippen LogP contribution in [0.3, 0.4) is 0 Å². The molecule has 3 aliphatic rings. The second kappa shape index (κ2) is 8.07. The average Bonchev–Trinajstić information content (AvgIpc) is 3.04. The smallest absolute Gasteiger partial charge is 0.133 e. The second-order valence-electron chi connectivity index (χ2n) is 9.33. The maximum atomic E-state index is 13.5. The number of fused-ring (bicyclic) bond motifs is 2. The fraction of sp³-hybridized carbons (Fsp3) is 0.407. The Kier molecular flexibility index (Phi) is 5.25. The first-order valence-electron chi connectivity index (χ1n) is 11.3. The number of hydrogen-bond donors (Lipinski definition) is 0. The Labute approximate surface area is 183 Å². The molecular formula is C27H28FNO2. The number of Topliss-reactive ketones (excluding diaryl/α,β-unsaturated/α-hetero) is 1. The van der Waals surface area contributed by atoms with Crippen molar-refractivity contribution in [3.8, 4) is 11.1 Å². The monoisotopic (exact) mass is 417 g/mol. The van der Waals surface area contributed by atoms with E-state index < -0.39 is 0 Å². The van der Waals surface area contributed by atoms with Crippen LogP contribution < -0.4 is 0 Å². The van der Waals surface area contributed by atoms with Gasteiger partial charge in [-0.2, -0.15) is 0 Å². The van der Waals surface area contributed by atoms with Crippen LogP contribution in [-0.4, -0.2) is 16.9 Å². The summed E-state index contributed by atoms with van der Waals surface area (Å²) in [5.74, 6) is 3.08. The van der Waals surface area contributed by atoms with Gasteiger partial charge < -0.3 is 4.74 Å². The normalized spacial score (nSPS) is 32.6. The molecule has 31 heavy (non-hydrogen) atoms. The summed E-state index contributed by atoms with van der Waals surface area (Å²) in [5.41, 5.74) is 2.61. The van der Waals surface area contributed by atoms with Crippen molar-refractivity contribution in [1.82, 2.24) is 4.98 Å². The fourth-order valence-electron chi connectivity index (χ4n) is 6.13. The van der Waals surface area contributed by atoms with Gasteiger partial charge in [0.05, 0.1) is 17.6 Å². The first-order chi connectivity index (χ1) is 15.0. The minimum Gasteiger partial charge on any atom is -0.495 e. The molecule has 0 N–H and O–H groups in total. The highest BCUT2D eigenvalue weighted by molar-refractivity contribution is 5.79. The van der Waals surface area contributed by atoms with Gasteiger partial charge in [-0.15, -0.1) is 0 Å². The van der Waals surface area contributed by atoms with Crippen LogP contribution in [0.4, 0.5) is 4.39 Å². The van der Waals surface area contributed by atoms with Gasteiger partial charge in [0.2, 0.25) is 0 Å². The number of carbonyl (C=O) groups excluding carboxylic acids is 1. The van der Waals surface area contributed by atoms with Gasteiger partial charge >= 0.3 is 0 Å². The SMILES string of the molecule is C=C1O[C@H](C)[C@@H]2[C@H]1C[C@@H]1CC(=O)CCC1[C@@H]2/C=C/c1ccc(-c2cccc(F)c2)cn1. The molecule has 160 valence electrons. The maximum absolute atomic E-state index is 13.5. The first kappa shape index (κ1) is 20.2. The molecule has 3 nitrogen and oxygen atoms in total. The molecule has 1 saturated heterocycles. The van der Waals surface area contributed by atoms with E-state index in [4.69, 9.17) is 4.74 Å². The molecule has 0 spiro atoms. The van der Waals surface area contributed by atoms with Crippen LogP contribution in [-0.2, 0) is 9.53 Å². The molecule has 1 aromatic heterocycles. The number of ketones is 1. The van der Waals surface area contributed by atoms with Crippen molar-refractivity contribution in [2.24, 2.45) is 29.6 Å². The van der Waals surface area contributed by atoms with Crippen molar-refractivity contribution in [1.29, 1.82) is 0 Å². The van der Waals surface area contributed by atoms with Crippen molar-refractivity contribution in [3.63, 3.8) is 0 Å². The molecule has 5 rings (SSSR count). The Morgan fingerprint density at radius 3 is 2.87 bits per heavy atom. The van der Waals surface area contributed by atoms with E-state index in [1.54, 1.807) is 12.3 Å². The summed E-state index contributed by atoms with van der Waals surface area (Å²) in [6, 6.07) is 10.5. The fourth-order valence-corrected chi connectivity index (χ4v) is 6.13. The Morgan fingerprint density at radius 1 is 1.23 bits per heavy atom. The Balaban J connectivity index is 1.40. The van der Waals surface area contributed by atoms with Gasteiger partial charge in [0.15, 0.2) is 0 Å². The topological polar surface area (TPSA) is 39.2 Å². The van der Waals surface area contributed by atoms with Gasteiger partial charge in [0, 0.05) is 36.4 Å². The molecule has 1 unspecified atom stereocenters. The zero-order chi connectivity index (χ0) is 21.5. The number of hydrogen-bond acceptors (Lipinski definition) is 3. The van der Waals surface area contributed by atoms with E-state index in [1.165, 1.54) is 12.1 Å². The summed E-state index contributed by atoms with van der Waals surface area (Å²) in [6.07, 6.45) is 9.72. The van der Waals surface area contributed by atoms with Crippen molar-refractivity contribution in [3.05, 3.63) is 72.5 Å². The highest BCUT2D eigenvalue weighted by Gasteiger charge is 2.52. The number of carbonyl (C=O) groups is 1. The summed E-state index contributed by atoms with van der Waals surface area (Å²) in [5, 5.41) is 0. The van der Waals surface area contributed by atoms with E-state index in [-0.39, 0.29) is 11.9 Å². The van der Waals surface area contributed by atoms with E-state index in [0.29, 0.717) is 48.2 Å². The number of pyridine rings is 1. The Hall–Kier alpha value is -2.75. The zero-order valence-corrected chi connectivity index (χ0v) is 17.8. The summed E-state index contributed by atoms with van der Waals surface area (Å²) in [7, 11) is 0. The number of halogens is 1. The maximum Gasteiger partial charge on any atom is 0.133 e. The largest absolute Gasteiger partial charge is 0.495 e. The molecule has 0 radical (unpaired) electrons. The molecule has 0 bridgehead atoms. The van der Waals surface area contributed by atoms with Crippen molar-refractivity contribution < 1.29 is 13.9 Å². The standard InChI is InChI=1S/C27H28FNO2/c1-16-26-14-20-13-23(30)9-11-24(20)25(27(26)17(2)31-16)10-8-22-7-6-19(15-29-22)18-4-3-5-21(28)12-18/h3-8,10,12,15,17,20,24-27H,1,9,11,13-14H2,2H3/b10-8+/t17-,20+,24?,25+,26+,27+/m1/s1. The highest BCUT2D eigenvalue weighted by Crippen LogP contribution is 2.55. The molecular weight excluding hydrogens is 389 g/mol. The third kappa shape index (κ3) is 3.84. The summed E-state index contributed by atoms with van der Waals surface area (Å²) < 4.78 is 19.6. The van der Waals surface area contributed by atoms with Gasteiger partial charge in [0.25, 0.3) is 0 Å². The number of nitrogens with zero attached hydrogens (tertiary/aromatic N) is 1. The highest BCUT2D eigenvalue weighted by atomic mass is 19.1. The molecule has 2 aromatic rings. The Bertz CT molecular complexity index is 1030. The molecule has 2 aliphatic carbocycles. The minimum atomic E-state index is -0.247. The number of benzene rings is 1. The number of allylic oxidation sites excluding steroid dienone is 2. The van der Waals surface area contributed by atoms with Gasteiger partial charge in [-0.3, -0.25) is 9.78 Å². The quantitative estimate of drug-likeness (QED) is 0.608. The van der Waals surface area contributed by atoms with Gasteiger partial charge in [-0.1, -0.05) is 30.9 Å². The Morgan fingerprint density at radius 2 is 2.10 bits per heavy atom. The summed E-state index contributed by atoms with van der Waals surface area (Å²) in [4.78, 5) is 16.7. The van der Waals surface area contributed by atoms with Crippen LogP contribution in [0.25, 0.3) is 17.2 Å². The van der Waals surface area contributed by atoms with Gasteiger partial charge in [-0.05, 0) is 67.4 Å². The van der Waals surface area contributed by atoms with Crippen molar-refractivity contribution in [2.75, 3.05) is 0 Å². The van der Waals surface area contributed by atoms with Crippen LogP contribution in [0.1, 0.15) is 38.3 Å². The molecule has 0 amide bonds. The molecule has 2 heterocycles. The summed E-state index contributed by atoms with van der Waals surface area (Å²) in [6.45, 7) is 6.32. The lowest BCUT2D eigenvalue weighted by Crippen LogP contribution is -2.43. The lowest BCUT2D eigenvalue weighted by atomic mass is 9.57. The number of aromatic nitrogens is 1. The third-order valence-corrected chi connectivity index (χ3v) is 7.54. The molecule has 6 atom stereocenters. The zero-order valence-electron chi connectivity index (χ0n) is 17.8. The predicted molar refractivity (Wildman–Crippen MR) is 119 cm³/mol. The molecule has 4 heteroatoms. The molecule has 1 aromatic carbocycles. The molecule has 2 saturated carbocycles. The van der Waals surface area contributed by atoms with Crippen LogP contribution in [0.15, 0.2) is 61.0 Å². The first-order valence-corrected chi connectivity index (χ1v) is 11.3. The van der Waals surface area contributed by atoms with Crippen LogP contribution >= 0.6 is 0 Å². The molecule has 3 fully saturated rings. The van der Waals surface area contributed by atoms with Gasteiger partial charge in [-0.25, -0.2) is 4.39 Å². The minimum absolute atomic E-state index is 0.147. The van der Waals surface area contributed by atoms with E-state index in [1.807, 2.05) is 18.2 Å². The van der Waals surface area contributed by atoms with E-state index in [0.717, 1.165) is 35.4 Å². The second-order valence-corrected chi connectivity index (χ2v) is 9.33. The van der Waals surface area contributed by atoms with E-state index >= 15 is 0 Å². The number of ether oxygens (including phenoxy) is 1. The van der Waals surface area contributed by atoms with E-state index in [2.05, 4.69) is 30.6 Å². The van der Waals surface area contributed by atoms with Crippen LogP contribution in [0.5, 0.6) is 0 Å². The number of rotatable bonds is 3. The average molecular weight is 418 g/mol. The predicted octanol–water partition coefficient (Wildman–Crippen LogP) is 6.07.